The van der Waals surface area contributed by atoms with Crippen LogP contribution in [0.5, 0.6) is 0 Å². The van der Waals surface area contributed by atoms with Gasteiger partial charge in [-0.2, -0.15) is 0 Å². The molecule has 0 aliphatic rings. The fraction of sp³-hybridized carbons (Fsp3) is 0.357. The van der Waals surface area contributed by atoms with Gasteiger partial charge in [-0.3, -0.25) is 0 Å². The minimum absolute atomic E-state index is 0.0354. The number of rotatable bonds is 5. The van der Waals surface area contributed by atoms with Crippen molar-refractivity contribution in [1.29, 1.82) is 0 Å². The van der Waals surface area contributed by atoms with Crippen LogP contribution in [0.1, 0.15) is 24.2 Å². The smallest absolute Gasteiger partial charge is 0.337 e. The molecule has 3 N–H and O–H groups in total. The van der Waals surface area contributed by atoms with Crippen LogP contribution in [0.3, 0.4) is 0 Å². The van der Waals surface area contributed by atoms with E-state index in [1.807, 2.05) is 0 Å². The van der Waals surface area contributed by atoms with Crippen molar-refractivity contribution >= 4 is 23.7 Å². The van der Waals surface area contributed by atoms with Gasteiger partial charge in [-0.05, 0) is 18.1 Å². The van der Waals surface area contributed by atoms with Crippen LogP contribution < -0.4 is 10.6 Å². The molecule has 0 aromatic heterocycles. The fourth-order valence-electron chi connectivity index (χ4n) is 1.70. The second-order valence-electron chi connectivity index (χ2n) is 4.69. The predicted octanol–water partition coefficient (Wildman–Crippen LogP) is 1.70. The standard InChI is InChI=1S/C14H18N2O5/c1-8(2)11(13(19)21-3)16-14(20)15-10-7-5-4-6-9(10)12(17)18/h4-8,11H,1-3H3,(H,17,18)(H2,15,16,20). The highest BCUT2D eigenvalue weighted by atomic mass is 16.5. The summed E-state index contributed by atoms with van der Waals surface area (Å²) in [7, 11) is 1.23. The van der Waals surface area contributed by atoms with Crippen molar-refractivity contribution in [3.05, 3.63) is 29.8 Å². The molecule has 0 saturated carbocycles. The van der Waals surface area contributed by atoms with Gasteiger partial charge in [0, 0.05) is 0 Å². The molecule has 1 rings (SSSR count). The maximum atomic E-state index is 11.9. The maximum absolute atomic E-state index is 11.9. The van der Waals surface area contributed by atoms with Crippen molar-refractivity contribution < 1.29 is 24.2 Å². The molecule has 0 spiro atoms. The summed E-state index contributed by atoms with van der Waals surface area (Å²) in [4.78, 5) is 34.5. The molecule has 21 heavy (non-hydrogen) atoms. The molecule has 1 aromatic carbocycles. The summed E-state index contributed by atoms with van der Waals surface area (Å²) < 4.78 is 4.61. The van der Waals surface area contributed by atoms with Crippen LogP contribution in [0, 0.1) is 5.92 Å². The van der Waals surface area contributed by atoms with E-state index in [4.69, 9.17) is 5.11 Å². The Labute approximate surface area is 122 Å². The number of benzene rings is 1. The number of carbonyl (C=O) groups is 3. The third-order valence-electron chi connectivity index (χ3n) is 2.81. The Bertz CT molecular complexity index is 542. The molecule has 0 aliphatic carbocycles. The lowest BCUT2D eigenvalue weighted by Gasteiger charge is -2.20. The van der Waals surface area contributed by atoms with Gasteiger partial charge in [0.25, 0.3) is 0 Å². The fourth-order valence-corrected chi connectivity index (χ4v) is 1.70. The number of amides is 2. The highest BCUT2D eigenvalue weighted by Gasteiger charge is 2.25. The van der Waals surface area contributed by atoms with Gasteiger partial charge < -0.3 is 20.5 Å². The molecule has 114 valence electrons. The van der Waals surface area contributed by atoms with Crippen LogP contribution in [0.4, 0.5) is 10.5 Å². The summed E-state index contributed by atoms with van der Waals surface area (Å²) >= 11 is 0. The van der Waals surface area contributed by atoms with E-state index in [-0.39, 0.29) is 17.2 Å². The van der Waals surface area contributed by atoms with Gasteiger partial charge in [0.1, 0.15) is 6.04 Å². The normalized spacial score (nSPS) is 11.6. The van der Waals surface area contributed by atoms with Gasteiger partial charge in [0.05, 0.1) is 18.4 Å². The Balaban J connectivity index is 2.82. The molecule has 0 aliphatic heterocycles. The first-order valence-corrected chi connectivity index (χ1v) is 6.34. The SMILES string of the molecule is COC(=O)C(NC(=O)Nc1ccccc1C(=O)O)C(C)C. The van der Waals surface area contributed by atoms with Crippen LogP contribution in [0.15, 0.2) is 24.3 Å². The number of para-hydroxylation sites is 1. The van der Waals surface area contributed by atoms with Gasteiger partial charge in [-0.15, -0.1) is 0 Å². The predicted molar refractivity (Wildman–Crippen MR) is 76.2 cm³/mol. The lowest BCUT2D eigenvalue weighted by molar-refractivity contribution is -0.143. The number of hydrogen-bond donors (Lipinski definition) is 3. The Hall–Kier alpha value is -2.57. The monoisotopic (exact) mass is 294 g/mol. The number of aromatic carboxylic acids is 1. The van der Waals surface area contributed by atoms with E-state index in [0.29, 0.717) is 0 Å². The summed E-state index contributed by atoms with van der Waals surface area (Å²) in [6.45, 7) is 3.51. The van der Waals surface area contributed by atoms with Gasteiger partial charge in [0.15, 0.2) is 0 Å². The topological polar surface area (TPSA) is 105 Å². The quantitative estimate of drug-likeness (QED) is 0.717. The van der Waals surface area contributed by atoms with Gasteiger partial charge in [0.2, 0.25) is 0 Å². The van der Waals surface area contributed by atoms with E-state index in [1.54, 1.807) is 26.0 Å². The lowest BCUT2D eigenvalue weighted by Crippen LogP contribution is -2.46. The number of nitrogens with one attached hydrogen (secondary N) is 2. The van der Waals surface area contributed by atoms with Crippen molar-refractivity contribution in [1.82, 2.24) is 5.32 Å². The number of esters is 1. The molecule has 7 nitrogen and oxygen atoms in total. The molecular formula is C14H18N2O5. The number of carboxylic acids is 1. The maximum Gasteiger partial charge on any atom is 0.337 e. The lowest BCUT2D eigenvalue weighted by atomic mass is 10.1. The summed E-state index contributed by atoms with van der Waals surface area (Å²) in [6, 6.07) is 4.50. The first-order chi connectivity index (χ1) is 9.86. The minimum Gasteiger partial charge on any atom is -0.478 e. The third-order valence-corrected chi connectivity index (χ3v) is 2.81. The van der Waals surface area contributed by atoms with Crippen LogP contribution in [0.2, 0.25) is 0 Å². The largest absolute Gasteiger partial charge is 0.478 e. The summed E-state index contributed by atoms with van der Waals surface area (Å²) in [6.07, 6.45) is 0. The van der Waals surface area contributed by atoms with E-state index in [9.17, 15) is 14.4 Å². The van der Waals surface area contributed by atoms with Gasteiger partial charge in [-0.25, -0.2) is 14.4 Å². The van der Waals surface area contributed by atoms with Crippen molar-refractivity contribution in [2.24, 2.45) is 5.92 Å². The summed E-state index contributed by atoms with van der Waals surface area (Å²) in [5, 5.41) is 13.9. The second-order valence-corrected chi connectivity index (χ2v) is 4.69. The van der Waals surface area contributed by atoms with Gasteiger partial charge in [-0.1, -0.05) is 26.0 Å². The van der Waals surface area contributed by atoms with Crippen molar-refractivity contribution in [3.63, 3.8) is 0 Å². The molecule has 1 atom stereocenters. The second kappa shape index (κ2) is 7.28. The zero-order valence-corrected chi connectivity index (χ0v) is 12.0. The molecular weight excluding hydrogens is 276 g/mol. The van der Waals surface area contributed by atoms with Crippen molar-refractivity contribution in [2.45, 2.75) is 19.9 Å². The van der Waals surface area contributed by atoms with Crippen LogP contribution in [0.25, 0.3) is 0 Å². The molecule has 0 fully saturated rings. The summed E-state index contributed by atoms with van der Waals surface area (Å²) in [5.74, 6) is -1.89. The molecule has 0 bridgehead atoms. The number of hydrogen-bond acceptors (Lipinski definition) is 4. The number of anilines is 1. The first-order valence-electron chi connectivity index (χ1n) is 6.34. The van der Waals surface area contributed by atoms with Crippen molar-refractivity contribution in [3.8, 4) is 0 Å². The highest BCUT2D eigenvalue weighted by Crippen LogP contribution is 2.15. The van der Waals surface area contributed by atoms with E-state index >= 15 is 0 Å². The Morgan fingerprint density at radius 3 is 2.33 bits per heavy atom. The number of carboxylic acid groups (broad SMARTS) is 1. The average molecular weight is 294 g/mol. The molecule has 0 saturated heterocycles. The molecule has 1 unspecified atom stereocenters. The first kappa shape index (κ1) is 16.5. The highest BCUT2D eigenvalue weighted by molar-refractivity contribution is 6.00. The Morgan fingerprint density at radius 1 is 1.19 bits per heavy atom. The number of methoxy groups -OCH3 is 1. The number of ether oxygens (including phenoxy) is 1. The third kappa shape index (κ3) is 4.48. The molecule has 7 heteroatoms. The minimum atomic E-state index is -1.15. The molecule has 2 amide bonds. The summed E-state index contributed by atoms with van der Waals surface area (Å²) in [5.41, 5.74) is 0.113. The Morgan fingerprint density at radius 2 is 1.81 bits per heavy atom. The zero-order valence-electron chi connectivity index (χ0n) is 12.0. The van der Waals surface area contributed by atoms with Crippen LogP contribution >= 0.6 is 0 Å². The van der Waals surface area contributed by atoms with Crippen molar-refractivity contribution in [2.75, 3.05) is 12.4 Å². The number of urea groups is 1. The molecule has 1 aromatic rings. The zero-order chi connectivity index (χ0) is 16.0. The van der Waals surface area contributed by atoms with Crippen LogP contribution in [-0.2, 0) is 9.53 Å². The van der Waals surface area contributed by atoms with Crippen LogP contribution in [-0.4, -0.2) is 36.2 Å². The van der Waals surface area contributed by atoms with E-state index in [1.165, 1.54) is 19.2 Å². The van der Waals surface area contributed by atoms with E-state index in [0.717, 1.165) is 0 Å². The molecule has 0 heterocycles. The van der Waals surface area contributed by atoms with Gasteiger partial charge >= 0.3 is 18.0 Å². The van der Waals surface area contributed by atoms with E-state index < -0.39 is 24.0 Å². The number of carbonyl (C=O) groups excluding carboxylic acids is 2. The Kier molecular flexibility index (Phi) is 5.71. The van der Waals surface area contributed by atoms with E-state index in [2.05, 4.69) is 15.4 Å². The average Bonchev–Trinajstić information content (AvgIpc) is 2.44. The molecule has 0 radical (unpaired) electrons.